The normalized spacial score (nSPS) is 11.4. The highest BCUT2D eigenvalue weighted by molar-refractivity contribution is 5.31. The van der Waals surface area contributed by atoms with Crippen LogP contribution in [0.5, 0.6) is 0 Å². The molecule has 0 fully saturated rings. The van der Waals surface area contributed by atoms with E-state index in [0.29, 0.717) is 5.92 Å². The lowest BCUT2D eigenvalue weighted by Crippen LogP contribution is -2.14. The number of nitrogens with zero attached hydrogens (tertiary/aromatic N) is 1. The summed E-state index contributed by atoms with van der Waals surface area (Å²) in [5, 5.41) is 0. The summed E-state index contributed by atoms with van der Waals surface area (Å²) in [6.07, 6.45) is 1.91. The van der Waals surface area contributed by atoms with Gasteiger partial charge in [0.2, 0.25) is 0 Å². The summed E-state index contributed by atoms with van der Waals surface area (Å²) in [5.74, 6) is 0.516. The lowest BCUT2D eigenvalue weighted by molar-refractivity contribution is 0.577. The lowest BCUT2D eigenvalue weighted by Gasteiger charge is -2.23. The van der Waals surface area contributed by atoms with E-state index in [1.807, 2.05) is 33.9 Å². The van der Waals surface area contributed by atoms with E-state index >= 15 is 0 Å². The topological polar surface area (TPSA) is 12.9 Å². The second kappa shape index (κ2) is 13.7. The molecule has 1 aromatic carbocycles. The monoisotopic (exact) mass is 427 g/mol. The Bertz CT molecular complexity index is 669. The maximum Gasteiger partial charge on any atom is 0.0431 e. The molecule has 0 atom stereocenters. The Morgan fingerprint density at radius 3 is 1.13 bits per heavy atom. The summed E-state index contributed by atoms with van der Waals surface area (Å²) < 4.78 is 0. The van der Waals surface area contributed by atoms with Gasteiger partial charge in [-0.2, -0.15) is 0 Å². The van der Waals surface area contributed by atoms with E-state index in [0.717, 1.165) is 0 Å². The average molecular weight is 428 g/mol. The van der Waals surface area contributed by atoms with Gasteiger partial charge in [-0.3, -0.25) is 4.98 Å². The minimum atomic E-state index is 0.229. The van der Waals surface area contributed by atoms with Gasteiger partial charge < -0.3 is 0 Å². The van der Waals surface area contributed by atoms with Crippen molar-refractivity contribution in [1.29, 1.82) is 0 Å². The number of hydrogen-bond acceptors (Lipinski definition) is 1. The highest BCUT2D eigenvalue weighted by Gasteiger charge is 2.17. The molecule has 0 unspecified atom stereocenters. The molecular weight excluding hydrogens is 374 g/mol. The minimum Gasteiger partial charge on any atom is -0.261 e. The Morgan fingerprint density at radius 1 is 0.548 bits per heavy atom. The van der Waals surface area contributed by atoms with Crippen molar-refractivity contribution >= 4 is 0 Å². The Balaban J connectivity index is 0. The van der Waals surface area contributed by atoms with Crippen LogP contribution < -0.4 is 0 Å². The molecule has 0 aliphatic rings. The van der Waals surface area contributed by atoms with Crippen LogP contribution in [0.2, 0.25) is 0 Å². The second-order valence-electron chi connectivity index (χ2n) is 11.0. The van der Waals surface area contributed by atoms with E-state index in [4.69, 9.17) is 0 Å². The SMILES string of the molecule is CC.CC.CC(C)(C)c1ccc(C(C)(C)C)cc1.CC(C)c1cc(C(C)(C)C)ccn1. The van der Waals surface area contributed by atoms with Gasteiger partial charge in [-0.25, -0.2) is 0 Å². The van der Waals surface area contributed by atoms with Gasteiger partial charge in [0.15, 0.2) is 0 Å². The van der Waals surface area contributed by atoms with Crippen LogP contribution >= 0.6 is 0 Å². The number of rotatable bonds is 1. The molecule has 1 nitrogen and oxygen atoms in total. The smallest absolute Gasteiger partial charge is 0.0431 e. The van der Waals surface area contributed by atoms with Crippen molar-refractivity contribution in [2.45, 2.75) is 126 Å². The van der Waals surface area contributed by atoms with E-state index in [2.05, 4.69) is 118 Å². The molecule has 0 radical (unpaired) electrons. The van der Waals surface area contributed by atoms with Gasteiger partial charge >= 0.3 is 0 Å². The first-order valence-electron chi connectivity index (χ1n) is 12.2. The first kappa shape index (κ1) is 31.6. The Morgan fingerprint density at radius 2 is 0.871 bits per heavy atom. The zero-order valence-corrected chi connectivity index (χ0v) is 23.6. The number of benzene rings is 1. The second-order valence-corrected chi connectivity index (χ2v) is 11.0. The van der Waals surface area contributed by atoms with Crippen molar-refractivity contribution in [3.63, 3.8) is 0 Å². The van der Waals surface area contributed by atoms with Crippen LogP contribution in [0.4, 0.5) is 0 Å². The molecule has 0 N–H and O–H groups in total. The molecule has 0 amide bonds. The van der Waals surface area contributed by atoms with Crippen molar-refractivity contribution in [2.24, 2.45) is 0 Å². The molecule has 0 saturated heterocycles. The Hall–Kier alpha value is -1.63. The van der Waals surface area contributed by atoms with Crippen LogP contribution in [-0.2, 0) is 16.2 Å². The van der Waals surface area contributed by atoms with Crippen molar-refractivity contribution in [3.8, 4) is 0 Å². The summed E-state index contributed by atoms with van der Waals surface area (Å²) in [4.78, 5) is 4.35. The van der Waals surface area contributed by atoms with Gasteiger partial charge in [0.05, 0.1) is 0 Å². The van der Waals surface area contributed by atoms with Crippen LogP contribution in [0.1, 0.15) is 132 Å². The first-order chi connectivity index (χ1) is 14.1. The summed E-state index contributed by atoms with van der Waals surface area (Å²) >= 11 is 0. The third kappa shape index (κ3) is 12.1. The van der Waals surface area contributed by atoms with Gasteiger partial charge in [0.1, 0.15) is 0 Å². The van der Waals surface area contributed by atoms with E-state index in [1.54, 1.807) is 0 Å². The van der Waals surface area contributed by atoms with E-state index in [-0.39, 0.29) is 16.2 Å². The third-order valence-electron chi connectivity index (χ3n) is 4.86. The van der Waals surface area contributed by atoms with Gasteiger partial charge in [-0.05, 0) is 51.0 Å². The van der Waals surface area contributed by atoms with Crippen LogP contribution in [0.15, 0.2) is 42.6 Å². The van der Waals surface area contributed by atoms with Crippen LogP contribution in [0.3, 0.4) is 0 Å². The number of pyridine rings is 1. The zero-order valence-electron chi connectivity index (χ0n) is 23.6. The Labute approximate surface area is 196 Å². The number of aromatic nitrogens is 1. The quantitative estimate of drug-likeness (QED) is 0.441. The maximum absolute atomic E-state index is 4.35. The van der Waals surface area contributed by atoms with Crippen molar-refractivity contribution in [2.75, 3.05) is 0 Å². The Kier molecular flexibility index (Phi) is 14.0. The molecule has 2 aromatic rings. The molecule has 178 valence electrons. The third-order valence-corrected chi connectivity index (χ3v) is 4.86. The van der Waals surface area contributed by atoms with Gasteiger partial charge in [0.25, 0.3) is 0 Å². The molecule has 0 aliphatic carbocycles. The summed E-state index contributed by atoms with van der Waals surface area (Å²) in [6, 6.07) is 13.3. The highest BCUT2D eigenvalue weighted by atomic mass is 14.7. The molecular formula is C30H53N. The minimum absolute atomic E-state index is 0.229. The van der Waals surface area contributed by atoms with Crippen LogP contribution in [0.25, 0.3) is 0 Å². The fourth-order valence-corrected chi connectivity index (χ4v) is 2.70. The van der Waals surface area contributed by atoms with Gasteiger partial charge in [0, 0.05) is 11.9 Å². The molecule has 0 aliphatic heterocycles. The molecule has 31 heavy (non-hydrogen) atoms. The van der Waals surface area contributed by atoms with Crippen molar-refractivity contribution in [1.82, 2.24) is 4.98 Å². The van der Waals surface area contributed by atoms with E-state index < -0.39 is 0 Å². The predicted octanol–water partition coefficient (Wildman–Crippen LogP) is 9.84. The fraction of sp³-hybridized carbons (Fsp3) is 0.633. The molecule has 2 rings (SSSR count). The maximum atomic E-state index is 4.35. The van der Waals surface area contributed by atoms with Crippen molar-refractivity contribution < 1.29 is 0 Å². The molecule has 1 heteroatoms. The summed E-state index contributed by atoms with van der Waals surface area (Å²) in [5.41, 5.74) is 6.12. The van der Waals surface area contributed by atoms with Gasteiger partial charge in [-0.1, -0.05) is 128 Å². The molecule has 0 bridgehead atoms. The van der Waals surface area contributed by atoms with E-state index in [9.17, 15) is 0 Å². The van der Waals surface area contributed by atoms with Crippen LogP contribution in [0, 0.1) is 0 Å². The first-order valence-corrected chi connectivity index (χ1v) is 12.2. The van der Waals surface area contributed by atoms with E-state index in [1.165, 1.54) is 22.4 Å². The summed E-state index contributed by atoms with van der Waals surface area (Å²) in [7, 11) is 0. The zero-order chi connectivity index (χ0) is 25.0. The fourth-order valence-electron chi connectivity index (χ4n) is 2.70. The highest BCUT2D eigenvalue weighted by Crippen LogP contribution is 2.27. The van der Waals surface area contributed by atoms with Gasteiger partial charge in [-0.15, -0.1) is 0 Å². The molecule has 1 heterocycles. The average Bonchev–Trinajstić information content (AvgIpc) is 2.70. The number of hydrogen-bond donors (Lipinski definition) is 0. The van der Waals surface area contributed by atoms with Crippen molar-refractivity contribution in [3.05, 3.63) is 65.0 Å². The standard InChI is InChI=1S/C14H22.C12H19N.2C2H6/c1-13(2,3)11-7-9-12(10-8-11)14(4,5)6;1-9(2)11-8-10(6-7-13-11)12(3,4)5;2*1-2/h7-10H,1-6H3;6-9H,1-5H3;2*1-2H3. The predicted molar refractivity (Wildman–Crippen MR) is 144 cm³/mol. The largest absolute Gasteiger partial charge is 0.261 e. The molecule has 1 aromatic heterocycles. The summed E-state index contributed by atoms with van der Waals surface area (Å²) in [6.45, 7) is 32.5. The molecule has 0 saturated carbocycles. The van der Waals surface area contributed by atoms with Crippen LogP contribution in [-0.4, -0.2) is 4.98 Å². The lowest BCUT2D eigenvalue weighted by atomic mass is 9.82. The molecule has 0 spiro atoms.